The third kappa shape index (κ3) is 3.63. The van der Waals surface area contributed by atoms with Crippen LogP contribution in [0.1, 0.15) is 23.0 Å². The molecule has 8 heteroatoms. The third-order valence-corrected chi connectivity index (χ3v) is 3.92. The lowest BCUT2D eigenvalue weighted by molar-refractivity contribution is 0.0772. The van der Waals surface area contributed by atoms with Crippen LogP contribution in [0.3, 0.4) is 0 Å². The summed E-state index contributed by atoms with van der Waals surface area (Å²) in [6, 6.07) is 6.89. The van der Waals surface area contributed by atoms with E-state index in [0.717, 1.165) is 5.52 Å². The zero-order chi connectivity index (χ0) is 17.8. The number of ether oxygens (including phenoxy) is 1. The normalized spacial score (nSPS) is 11.1. The first kappa shape index (κ1) is 17.0. The van der Waals surface area contributed by atoms with Gasteiger partial charge in [0, 0.05) is 25.3 Å². The molecular formula is C17H20N4O4. The van der Waals surface area contributed by atoms with Crippen molar-refractivity contribution in [1.29, 1.82) is 0 Å². The Hall–Kier alpha value is -2.87. The first-order chi connectivity index (χ1) is 12.1. The van der Waals surface area contributed by atoms with E-state index in [9.17, 15) is 9.59 Å². The third-order valence-electron chi connectivity index (χ3n) is 3.92. The van der Waals surface area contributed by atoms with Crippen LogP contribution in [-0.4, -0.2) is 45.8 Å². The molecule has 0 fully saturated rings. The smallest absolute Gasteiger partial charge is 0.326 e. The number of hydrogen-bond acceptors (Lipinski definition) is 5. The Kier molecular flexibility index (Phi) is 4.99. The van der Waals surface area contributed by atoms with Crippen LogP contribution in [-0.2, 0) is 17.8 Å². The summed E-state index contributed by atoms with van der Waals surface area (Å²) in [5.74, 6) is 0.439. The summed E-state index contributed by atoms with van der Waals surface area (Å²) in [5.41, 5.74) is 1.65. The Morgan fingerprint density at radius 2 is 2.24 bits per heavy atom. The van der Waals surface area contributed by atoms with E-state index in [4.69, 9.17) is 9.26 Å². The number of amides is 1. The van der Waals surface area contributed by atoms with Crippen LogP contribution in [0.15, 0.2) is 39.8 Å². The fourth-order valence-corrected chi connectivity index (χ4v) is 2.67. The molecule has 0 atom stereocenters. The van der Waals surface area contributed by atoms with Gasteiger partial charge in [0.15, 0.2) is 5.76 Å². The largest absolute Gasteiger partial charge is 0.380 e. The monoisotopic (exact) mass is 344 g/mol. The molecule has 2 aromatic heterocycles. The maximum Gasteiger partial charge on any atom is 0.326 e. The molecule has 0 aliphatic carbocycles. The number of fused-ring (bicyclic) bond motifs is 1. The fourth-order valence-electron chi connectivity index (χ4n) is 2.67. The number of carbonyl (C=O) groups is 1. The summed E-state index contributed by atoms with van der Waals surface area (Å²) in [4.78, 5) is 29.0. The number of nitrogens with zero attached hydrogens (tertiary/aromatic N) is 3. The maximum absolute atomic E-state index is 12.6. The van der Waals surface area contributed by atoms with E-state index < -0.39 is 0 Å². The fraction of sp³-hybridized carbons (Fsp3) is 0.353. The van der Waals surface area contributed by atoms with Gasteiger partial charge in [-0.25, -0.2) is 4.79 Å². The molecule has 1 N–H and O–H groups in total. The highest BCUT2D eigenvalue weighted by molar-refractivity contribution is 5.97. The van der Waals surface area contributed by atoms with Gasteiger partial charge in [-0.2, -0.15) is 0 Å². The Bertz CT molecular complexity index is 911. The topological polar surface area (TPSA) is 93.4 Å². The molecule has 0 saturated heterocycles. The molecule has 8 nitrogen and oxygen atoms in total. The standard InChI is InChI=1S/C17H20N4O4/c1-3-24-9-8-21-15-5-4-12(10-14(15)19-17(21)23)16(22)20(2)11-13-6-7-18-25-13/h4-7,10H,3,8-9,11H2,1-2H3,(H,19,23). The van der Waals surface area contributed by atoms with Crippen LogP contribution < -0.4 is 5.69 Å². The molecular weight excluding hydrogens is 324 g/mol. The average molecular weight is 344 g/mol. The molecule has 132 valence electrons. The summed E-state index contributed by atoms with van der Waals surface area (Å²) >= 11 is 0. The Balaban J connectivity index is 1.81. The molecule has 1 aromatic carbocycles. The number of aromatic nitrogens is 3. The number of benzene rings is 1. The van der Waals surface area contributed by atoms with Gasteiger partial charge in [-0.15, -0.1) is 0 Å². The lowest BCUT2D eigenvalue weighted by atomic mass is 10.1. The first-order valence-electron chi connectivity index (χ1n) is 8.05. The second-order valence-corrected chi connectivity index (χ2v) is 5.65. The van der Waals surface area contributed by atoms with Crippen molar-refractivity contribution in [3.8, 4) is 0 Å². The Morgan fingerprint density at radius 1 is 1.40 bits per heavy atom. The summed E-state index contributed by atoms with van der Waals surface area (Å²) in [7, 11) is 1.69. The number of rotatable bonds is 7. The quantitative estimate of drug-likeness (QED) is 0.658. The van der Waals surface area contributed by atoms with Gasteiger partial charge >= 0.3 is 5.69 Å². The van der Waals surface area contributed by atoms with Crippen molar-refractivity contribution in [2.45, 2.75) is 20.0 Å². The van der Waals surface area contributed by atoms with E-state index in [1.165, 1.54) is 11.1 Å². The molecule has 0 saturated carbocycles. The zero-order valence-electron chi connectivity index (χ0n) is 14.2. The number of carbonyl (C=O) groups excluding carboxylic acids is 1. The van der Waals surface area contributed by atoms with E-state index in [1.54, 1.807) is 35.9 Å². The molecule has 25 heavy (non-hydrogen) atoms. The van der Waals surface area contributed by atoms with Gasteiger partial charge in [-0.3, -0.25) is 9.36 Å². The average Bonchev–Trinajstić information content (AvgIpc) is 3.21. The predicted octanol–water partition coefficient (Wildman–Crippen LogP) is 1.63. The highest BCUT2D eigenvalue weighted by atomic mass is 16.5. The summed E-state index contributed by atoms with van der Waals surface area (Å²) in [6.45, 7) is 3.76. The number of aromatic amines is 1. The second kappa shape index (κ2) is 7.35. The molecule has 0 radical (unpaired) electrons. The molecule has 0 aliphatic heterocycles. The number of hydrogen-bond donors (Lipinski definition) is 1. The Morgan fingerprint density at radius 3 is 2.96 bits per heavy atom. The predicted molar refractivity (Wildman–Crippen MR) is 91.4 cm³/mol. The van der Waals surface area contributed by atoms with Crippen LogP contribution in [0.4, 0.5) is 0 Å². The first-order valence-corrected chi connectivity index (χ1v) is 8.05. The van der Waals surface area contributed by atoms with Crippen molar-refractivity contribution >= 4 is 16.9 Å². The number of imidazole rings is 1. The second-order valence-electron chi connectivity index (χ2n) is 5.65. The molecule has 1 amide bonds. The van der Waals surface area contributed by atoms with E-state index in [2.05, 4.69) is 10.1 Å². The van der Waals surface area contributed by atoms with Gasteiger partial charge in [0.05, 0.1) is 36.9 Å². The van der Waals surface area contributed by atoms with Gasteiger partial charge in [0.2, 0.25) is 0 Å². The van der Waals surface area contributed by atoms with Gasteiger partial charge in [0.1, 0.15) is 0 Å². The van der Waals surface area contributed by atoms with Crippen molar-refractivity contribution < 1.29 is 14.1 Å². The van der Waals surface area contributed by atoms with Crippen LogP contribution in [0.2, 0.25) is 0 Å². The van der Waals surface area contributed by atoms with Crippen molar-refractivity contribution in [1.82, 2.24) is 19.6 Å². The SMILES string of the molecule is CCOCCn1c(=O)[nH]c2cc(C(=O)N(C)Cc3ccno3)ccc21. The highest BCUT2D eigenvalue weighted by Crippen LogP contribution is 2.15. The van der Waals surface area contributed by atoms with Gasteiger partial charge in [-0.1, -0.05) is 5.16 Å². The molecule has 0 aliphatic rings. The molecule has 0 unspecified atom stereocenters. The van der Waals surface area contributed by atoms with Gasteiger partial charge in [0.25, 0.3) is 5.91 Å². The lowest BCUT2D eigenvalue weighted by Gasteiger charge is -2.15. The summed E-state index contributed by atoms with van der Waals surface area (Å²) in [5, 5.41) is 3.63. The minimum absolute atomic E-state index is 0.166. The number of H-pyrrole nitrogens is 1. The van der Waals surface area contributed by atoms with Crippen LogP contribution in [0.5, 0.6) is 0 Å². The van der Waals surface area contributed by atoms with E-state index in [1.807, 2.05) is 6.92 Å². The molecule has 0 bridgehead atoms. The van der Waals surface area contributed by atoms with E-state index in [0.29, 0.717) is 43.1 Å². The Labute approximate surface area is 144 Å². The van der Waals surface area contributed by atoms with Crippen LogP contribution >= 0.6 is 0 Å². The van der Waals surface area contributed by atoms with Gasteiger partial charge in [-0.05, 0) is 25.1 Å². The van der Waals surface area contributed by atoms with E-state index in [-0.39, 0.29) is 11.6 Å². The van der Waals surface area contributed by atoms with Gasteiger partial charge < -0.3 is 19.1 Å². The molecule has 0 spiro atoms. The minimum atomic E-state index is -0.214. The number of nitrogens with one attached hydrogen (secondary N) is 1. The molecule has 2 heterocycles. The minimum Gasteiger partial charge on any atom is -0.380 e. The van der Waals surface area contributed by atoms with Crippen molar-refractivity contribution in [2.75, 3.05) is 20.3 Å². The summed E-state index contributed by atoms with van der Waals surface area (Å²) < 4.78 is 11.9. The van der Waals surface area contributed by atoms with E-state index >= 15 is 0 Å². The highest BCUT2D eigenvalue weighted by Gasteiger charge is 2.15. The summed E-state index contributed by atoms with van der Waals surface area (Å²) in [6.07, 6.45) is 1.54. The zero-order valence-corrected chi connectivity index (χ0v) is 14.2. The molecule has 3 aromatic rings. The van der Waals surface area contributed by atoms with Crippen molar-refractivity contribution in [3.63, 3.8) is 0 Å². The van der Waals surface area contributed by atoms with Crippen LogP contribution in [0, 0.1) is 0 Å². The van der Waals surface area contributed by atoms with Crippen molar-refractivity contribution in [2.24, 2.45) is 0 Å². The maximum atomic E-state index is 12.6. The molecule has 3 rings (SSSR count). The van der Waals surface area contributed by atoms with Crippen molar-refractivity contribution in [3.05, 3.63) is 52.3 Å². The lowest BCUT2D eigenvalue weighted by Crippen LogP contribution is -2.25. The van der Waals surface area contributed by atoms with Crippen LogP contribution in [0.25, 0.3) is 11.0 Å².